The summed E-state index contributed by atoms with van der Waals surface area (Å²) in [5, 5.41) is 3.16. The largest absolute Gasteiger partial charge is 0.370 e. The molecular weight excluding hydrogens is 327 g/mol. The second-order valence-electron chi connectivity index (χ2n) is 5.11. The molecule has 0 amide bonds. The van der Waals surface area contributed by atoms with Crippen molar-refractivity contribution in [1.82, 2.24) is 10.2 Å². The lowest BCUT2D eigenvalue weighted by atomic mass is 10.1. The van der Waals surface area contributed by atoms with Crippen molar-refractivity contribution in [2.75, 3.05) is 26.7 Å². The van der Waals surface area contributed by atoms with Gasteiger partial charge in [-0.2, -0.15) is 0 Å². The minimum Gasteiger partial charge on any atom is -0.370 e. The monoisotopic (exact) mass is 354 g/mol. The highest BCUT2D eigenvalue weighted by Gasteiger charge is 2.19. The Morgan fingerprint density at radius 1 is 1.53 bits per heavy atom. The molecule has 1 heterocycles. The summed E-state index contributed by atoms with van der Waals surface area (Å²) in [4.78, 5) is 6.76. The standard InChI is InChI=1S/C12H26N4.HI/c1-10(2)6-7-14-12(13)15-9-11-5-4-8-16(11)3;/h10-11H,4-9H2,1-3H3,(H3,13,14,15);1H. The van der Waals surface area contributed by atoms with E-state index in [0.29, 0.717) is 17.9 Å². The van der Waals surface area contributed by atoms with E-state index in [2.05, 4.69) is 36.1 Å². The topological polar surface area (TPSA) is 53.6 Å². The Hall–Kier alpha value is -0.0400. The molecule has 3 N–H and O–H groups in total. The van der Waals surface area contributed by atoms with Crippen LogP contribution >= 0.6 is 24.0 Å². The lowest BCUT2D eigenvalue weighted by Crippen LogP contribution is -2.35. The fourth-order valence-electron chi connectivity index (χ4n) is 1.96. The van der Waals surface area contributed by atoms with E-state index in [-0.39, 0.29) is 24.0 Å². The van der Waals surface area contributed by atoms with Gasteiger partial charge in [0.15, 0.2) is 5.96 Å². The zero-order valence-corrected chi connectivity index (χ0v) is 13.6. The van der Waals surface area contributed by atoms with Crippen molar-refractivity contribution in [3.05, 3.63) is 0 Å². The minimum absolute atomic E-state index is 0. The Morgan fingerprint density at radius 2 is 2.24 bits per heavy atom. The second kappa shape index (κ2) is 8.97. The number of hydrogen-bond acceptors (Lipinski definition) is 2. The van der Waals surface area contributed by atoms with Crippen molar-refractivity contribution < 1.29 is 0 Å². The molecule has 4 nitrogen and oxygen atoms in total. The van der Waals surface area contributed by atoms with Crippen LogP contribution < -0.4 is 11.1 Å². The molecule has 0 aromatic heterocycles. The molecule has 102 valence electrons. The predicted octanol–water partition coefficient (Wildman–Crippen LogP) is 1.65. The van der Waals surface area contributed by atoms with Crippen LogP contribution in [0.15, 0.2) is 4.99 Å². The second-order valence-corrected chi connectivity index (χ2v) is 5.11. The van der Waals surface area contributed by atoms with E-state index in [1.54, 1.807) is 0 Å². The van der Waals surface area contributed by atoms with Gasteiger partial charge in [-0.3, -0.25) is 4.99 Å². The summed E-state index contributed by atoms with van der Waals surface area (Å²) < 4.78 is 0. The number of likely N-dealkylation sites (tertiary alicyclic amines) is 1. The first kappa shape index (κ1) is 17.0. The number of rotatable bonds is 5. The predicted molar refractivity (Wildman–Crippen MR) is 85.0 cm³/mol. The van der Waals surface area contributed by atoms with Gasteiger partial charge >= 0.3 is 0 Å². The van der Waals surface area contributed by atoms with Crippen molar-refractivity contribution >= 4 is 29.9 Å². The van der Waals surface area contributed by atoms with E-state index in [1.807, 2.05) is 0 Å². The number of likely N-dealkylation sites (N-methyl/N-ethyl adjacent to an activating group) is 1. The number of nitrogens with zero attached hydrogens (tertiary/aromatic N) is 2. The van der Waals surface area contributed by atoms with E-state index in [4.69, 9.17) is 5.73 Å². The van der Waals surface area contributed by atoms with E-state index in [1.165, 1.54) is 19.4 Å². The molecule has 1 rings (SSSR count). The van der Waals surface area contributed by atoms with Gasteiger partial charge in [0.05, 0.1) is 6.54 Å². The van der Waals surface area contributed by atoms with Crippen LogP contribution in [-0.4, -0.2) is 43.6 Å². The van der Waals surface area contributed by atoms with Crippen LogP contribution in [0.1, 0.15) is 33.1 Å². The first-order valence-corrected chi connectivity index (χ1v) is 6.33. The van der Waals surface area contributed by atoms with E-state index >= 15 is 0 Å². The van der Waals surface area contributed by atoms with Gasteiger partial charge in [-0.1, -0.05) is 13.8 Å². The van der Waals surface area contributed by atoms with Crippen LogP contribution in [-0.2, 0) is 0 Å². The summed E-state index contributed by atoms with van der Waals surface area (Å²) in [7, 11) is 2.16. The third-order valence-corrected chi connectivity index (χ3v) is 3.17. The van der Waals surface area contributed by atoms with Gasteiger partial charge in [-0.25, -0.2) is 0 Å². The zero-order valence-electron chi connectivity index (χ0n) is 11.3. The average molecular weight is 354 g/mol. The summed E-state index contributed by atoms with van der Waals surface area (Å²) >= 11 is 0. The van der Waals surface area contributed by atoms with Gasteiger partial charge in [-0.15, -0.1) is 24.0 Å². The Bertz CT molecular complexity index is 231. The van der Waals surface area contributed by atoms with Gasteiger partial charge < -0.3 is 16.0 Å². The van der Waals surface area contributed by atoms with Gasteiger partial charge in [0.25, 0.3) is 0 Å². The quantitative estimate of drug-likeness (QED) is 0.449. The average Bonchev–Trinajstić information content (AvgIpc) is 2.60. The highest BCUT2D eigenvalue weighted by atomic mass is 127. The molecule has 0 spiro atoms. The van der Waals surface area contributed by atoms with Crippen molar-refractivity contribution in [3.8, 4) is 0 Å². The van der Waals surface area contributed by atoms with Crippen LogP contribution in [0.5, 0.6) is 0 Å². The number of nitrogens with two attached hydrogens (primary N) is 1. The van der Waals surface area contributed by atoms with Crippen LogP contribution in [0.4, 0.5) is 0 Å². The molecule has 1 aliphatic rings. The number of aliphatic imine (C=N–C) groups is 1. The molecular formula is C12H27IN4. The molecule has 1 unspecified atom stereocenters. The van der Waals surface area contributed by atoms with E-state index in [0.717, 1.165) is 19.5 Å². The normalized spacial score (nSPS) is 21.6. The molecule has 17 heavy (non-hydrogen) atoms. The molecule has 0 aromatic carbocycles. The molecule has 1 atom stereocenters. The summed E-state index contributed by atoms with van der Waals surface area (Å²) in [6, 6.07) is 0.588. The van der Waals surface area contributed by atoms with Crippen molar-refractivity contribution in [2.45, 2.75) is 39.2 Å². The van der Waals surface area contributed by atoms with E-state index < -0.39 is 0 Å². The van der Waals surface area contributed by atoms with Crippen LogP contribution in [0.2, 0.25) is 0 Å². The first-order valence-electron chi connectivity index (χ1n) is 6.33. The van der Waals surface area contributed by atoms with Crippen molar-refractivity contribution in [1.29, 1.82) is 0 Å². The van der Waals surface area contributed by atoms with Gasteiger partial charge in [0, 0.05) is 12.6 Å². The smallest absolute Gasteiger partial charge is 0.188 e. The fourth-order valence-corrected chi connectivity index (χ4v) is 1.96. The Labute approximate surface area is 122 Å². The maximum Gasteiger partial charge on any atom is 0.188 e. The third-order valence-electron chi connectivity index (χ3n) is 3.17. The first-order chi connectivity index (χ1) is 7.59. The Kier molecular flexibility index (Phi) is 8.94. The molecule has 1 aliphatic heterocycles. The van der Waals surface area contributed by atoms with Crippen LogP contribution in [0.3, 0.4) is 0 Å². The van der Waals surface area contributed by atoms with E-state index in [9.17, 15) is 0 Å². The van der Waals surface area contributed by atoms with Gasteiger partial charge in [0.1, 0.15) is 0 Å². The highest BCUT2D eigenvalue weighted by molar-refractivity contribution is 14.0. The Morgan fingerprint density at radius 3 is 2.76 bits per heavy atom. The maximum atomic E-state index is 5.80. The molecule has 5 heteroatoms. The Balaban J connectivity index is 0.00000256. The molecule has 0 aliphatic carbocycles. The summed E-state index contributed by atoms with van der Waals surface area (Å²) in [5.41, 5.74) is 5.80. The lowest BCUT2D eigenvalue weighted by molar-refractivity contribution is 0.317. The van der Waals surface area contributed by atoms with Crippen molar-refractivity contribution in [3.63, 3.8) is 0 Å². The SMILES string of the molecule is CC(C)CCNC(N)=NCC1CCCN1C.I. The molecule has 1 saturated heterocycles. The van der Waals surface area contributed by atoms with Gasteiger partial charge in [-0.05, 0) is 38.8 Å². The highest BCUT2D eigenvalue weighted by Crippen LogP contribution is 2.14. The molecule has 0 radical (unpaired) electrons. The molecule has 1 fully saturated rings. The number of guanidine groups is 1. The summed E-state index contributed by atoms with van der Waals surface area (Å²) in [6.45, 7) is 7.37. The minimum atomic E-state index is 0. The molecule has 0 aromatic rings. The molecule has 0 saturated carbocycles. The third kappa shape index (κ3) is 7.08. The number of halogens is 1. The zero-order chi connectivity index (χ0) is 12.0. The maximum absolute atomic E-state index is 5.80. The molecule has 0 bridgehead atoms. The van der Waals surface area contributed by atoms with Crippen LogP contribution in [0, 0.1) is 5.92 Å². The summed E-state index contributed by atoms with van der Waals surface area (Å²) in [6.07, 6.45) is 3.68. The fraction of sp³-hybridized carbons (Fsp3) is 0.917. The van der Waals surface area contributed by atoms with Gasteiger partial charge in [0.2, 0.25) is 0 Å². The number of hydrogen-bond donors (Lipinski definition) is 2. The number of nitrogens with one attached hydrogen (secondary N) is 1. The lowest BCUT2D eigenvalue weighted by Gasteiger charge is -2.17. The van der Waals surface area contributed by atoms with Crippen molar-refractivity contribution in [2.24, 2.45) is 16.6 Å². The van der Waals surface area contributed by atoms with Crippen LogP contribution in [0.25, 0.3) is 0 Å². The summed E-state index contributed by atoms with van der Waals surface area (Å²) in [5.74, 6) is 1.31.